The van der Waals surface area contributed by atoms with Gasteiger partial charge in [-0.2, -0.15) is 5.26 Å². The minimum atomic E-state index is -0.309. The van der Waals surface area contributed by atoms with Crippen LogP contribution in [0.4, 0.5) is 4.39 Å². The predicted octanol–water partition coefficient (Wildman–Crippen LogP) is 3.91. The van der Waals surface area contributed by atoms with E-state index in [1.807, 2.05) is 0 Å². The Morgan fingerprint density at radius 2 is 1.71 bits per heavy atom. The summed E-state index contributed by atoms with van der Waals surface area (Å²) >= 11 is 0. The molecule has 0 unspecified atom stereocenters. The lowest BCUT2D eigenvalue weighted by Crippen LogP contribution is -1.92. The third-order valence-electron chi connectivity index (χ3n) is 3.00. The monoisotopic (exact) mass is 283 g/mol. The molecule has 4 heteroatoms. The fourth-order valence-electron chi connectivity index (χ4n) is 1.91. The molecular formula is C17H14FNO2. The van der Waals surface area contributed by atoms with Crippen LogP contribution in [0, 0.1) is 17.1 Å². The van der Waals surface area contributed by atoms with Crippen LogP contribution in [0.25, 0.3) is 11.6 Å². The largest absolute Gasteiger partial charge is 0.493 e. The second-order valence-corrected chi connectivity index (χ2v) is 4.29. The molecule has 0 amide bonds. The van der Waals surface area contributed by atoms with Crippen LogP contribution in [0.3, 0.4) is 0 Å². The Morgan fingerprint density at radius 1 is 1.05 bits per heavy atom. The van der Waals surface area contributed by atoms with Crippen molar-refractivity contribution in [1.82, 2.24) is 0 Å². The molecule has 0 radical (unpaired) electrons. The SMILES string of the molecule is COc1ccc(C(C#N)=Cc2ccc(F)cc2)cc1OC. The highest BCUT2D eigenvalue weighted by Crippen LogP contribution is 2.30. The highest BCUT2D eigenvalue weighted by molar-refractivity contribution is 5.90. The van der Waals surface area contributed by atoms with E-state index in [0.29, 0.717) is 22.6 Å². The van der Waals surface area contributed by atoms with Crippen molar-refractivity contribution in [2.75, 3.05) is 14.2 Å². The Morgan fingerprint density at radius 3 is 2.29 bits per heavy atom. The topological polar surface area (TPSA) is 42.2 Å². The molecule has 21 heavy (non-hydrogen) atoms. The summed E-state index contributed by atoms with van der Waals surface area (Å²) in [6.45, 7) is 0. The van der Waals surface area contributed by atoms with Gasteiger partial charge in [0, 0.05) is 0 Å². The smallest absolute Gasteiger partial charge is 0.161 e. The highest BCUT2D eigenvalue weighted by Gasteiger charge is 2.08. The van der Waals surface area contributed by atoms with Crippen LogP contribution < -0.4 is 9.47 Å². The summed E-state index contributed by atoms with van der Waals surface area (Å²) in [4.78, 5) is 0. The summed E-state index contributed by atoms with van der Waals surface area (Å²) < 4.78 is 23.3. The number of allylic oxidation sites excluding steroid dienone is 1. The first kappa shape index (κ1) is 14.6. The summed E-state index contributed by atoms with van der Waals surface area (Å²) in [7, 11) is 3.09. The number of nitrogens with zero attached hydrogens (tertiary/aromatic N) is 1. The quantitative estimate of drug-likeness (QED) is 0.631. The number of hydrogen-bond acceptors (Lipinski definition) is 3. The van der Waals surface area contributed by atoms with Crippen molar-refractivity contribution in [3.63, 3.8) is 0 Å². The summed E-state index contributed by atoms with van der Waals surface area (Å²) in [5, 5.41) is 9.32. The van der Waals surface area contributed by atoms with Gasteiger partial charge in [0.1, 0.15) is 5.82 Å². The van der Waals surface area contributed by atoms with Gasteiger partial charge in [-0.25, -0.2) is 4.39 Å². The minimum Gasteiger partial charge on any atom is -0.493 e. The van der Waals surface area contributed by atoms with Crippen molar-refractivity contribution in [3.8, 4) is 17.6 Å². The van der Waals surface area contributed by atoms with Gasteiger partial charge in [0.15, 0.2) is 11.5 Å². The van der Waals surface area contributed by atoms with Crippen molar-refractivity contribution in [2.45, 2.75) is 0 Å². The van der Waals surface area contributed by atoms with E-state index in [2.05, 4.69) is 6.07 Å². The summed E-state index contributed by atoms with van der Waals surface area (Å²) in [6.07, 6.45) is 1.70. The average molecular weight is 283 g/mol. The van der Waals surface area contributed by atoms with Gasteiger partial charge in [0.05, 0.1) is 25.9 Å². The predicted molar refractivity (Wildman–Crippen MR) is 79.4 cm³/mol. The number of halogens is 1. The van der Waals surface area contributed by atoms with E-state index in [-0.39, 0.29) is 5.82 Å². The zero-order chi connectivity index (χ0) is 15.2. The van der Waals surface area contributed by atoms with Crippen LogP contribution in [-0.4, -0.2) is 14.2 Å². The van der Waals surface area contributed by atoms with Crippen LogP contribution in [0.15, 0.2) is 42.5 Å². The zero-order valence-electron chi connectivity index (χ0n) is 11.8. The van der Waals surface area contributed by atoms with Crippen LogP contribution in [0.1, 0.15) is 11.1 Å². The first-order valence-electron chi connectivity index (χ1n) is 6.27. The Hall–Kier alpha value is -2.80. The number of hydrogen-bond donors (Lipinski definition) is 0. The molecule has 0 aliphatic rings. The van der Waals surface area contributed by atoms with Crippen LogP contribution in [-0.2, 0) is 0 Å². The van der Waals surface area contributed by atoms with Crippen LogP contribution >= 0.6 is 0 Å². The maximum absolute atomic E-state index is 12.9. The lowest BCUT2D eigenvalue weighted by molar-refractivity contribution is 0.355. The van der Waals surface area contributed by atoms with Crippen molar-refractivity contribution in [2.24, 2.45) is 0 Å². The number of benzene rings is 2. The summed E-state index contributed by atoms with van der Waals surface area (Å²) in [5.74, 6) is 0.840. The molecule has 106 valence electrons. The first-order chi connectivity index (χ1) is 10.2. The van der Waals surface area contributed by atoms with Gasteiger partial charge >= 0.3 is 0 Å². The molecule has 0 aliphatic carbocycles. The number of ether oxygens (including phenoxy) is 2. The molecule has 0 bridgehead atoms. The molecule has 2 rings (SSSR count). The van der Waals surface area contributed by atoms with E-state index < -0.39 is 0 Å². The van der Waals surface area contributed by atoms with E-state index in [0.717, 1.165) is 5.56 Å². The van der Waals surface area contributed by atoms with Crippen LogP contribution in [0.2, 0.25) is 0 Å². The van der Waals surface area contributed by atoms with Gasteiger partial charge in [-0.05, 0) is 47.5 Å². The van der Waals surface area contributed by atoms with Gasteiger partial charge in [-0.1, -0.05) is 12.1 Å². The van der Waals surface area contributed by atoms with Gasteiger partial charge in [-0.3, -0.25) is 0 Å². The lowest BCUT2D eigenvalue weighted by atomic mass is 10.0. The third-order valence-corrected chi connectivity index (χ3v) is 3.00. The second-order valence-electron chi connectivity index (χ2n) is 4.29. The first-order valence-corrected chi connectivity index (χ1v) is 6.27. The minimum absolute atomic E-state index is 0.309. The number of rotatable bonds is 4. The summed E-state index contributed by atoms with van der Waals surface area (Å²) in [5.41, 5.74) is 1.92. The van der Waals surface area contributed by atoms with Gasteiger partial charge in [0.25, 0.3) is 0 Å². The fourth-order valence-corrected chi connectivity index (χ4v) is 1.91. The maximum atomic E-state index is 12.9. The van der Waals surface area contributed by atoms with Crippen molar-refractivity contribution >= 4 is 11.6 Å². The van der Waals surface area contributed by atoms with Gasteiger partial charge in [0.2, 0.25) is 0 Å². The lowest BCUT2D eigenvalue weighted by Gasteiger charge is -2.09. The van der Waals surface area contributed by atoms with Crippen molar-refractivity contribution in [1.29, 1.82) is 5.26 Å². The van der Waals surface area contributed by atoms with E-state index >= 15 is 0 Å². The van der Waals surface area contributed by atoms with E-state index in [9.17, 15) is 9.65 Å². The molecule has 0 fully saturated rings. The number of methoxy groups -OCH3 is 2. The molecule has 0 saturated heterocycles. The van der Waals surface area contributed by atoms with E-state index in [1.165, 1.54) is 19.2 Å². The average Bonchev–Trinajstić information content (AvgIpc) is 2.53. The number of nitriles is 1. The molecule has 0 spiro atoms. The fraction of sp³-hybridized carbons (Fsp3) is 0.118. The zero-order valence-corrected chi connectivity index (χ0v) is 11.8. The van der Waals surface area contributed by atoms with Crippen LogP contribution in [0.5, 0.6) is 11.5 Å². The van der Waals surface area contributed by atoms with E-state index in [4.69, 9.17) is 9.47 Å². The standard InChI is InChI=1S/C17H14FNO2/c1-20-16-8-5-13(10-17(16)21-2)14(11-19)9-12-3-6-15(18)7-4-12/h3-10H,1-2H3. The molecule has 2 aromatic rings. The molecule has 0 heterocycles. The summed E-state index contributed by atoms with van der Waals surface area (Å²) in [6, 6.07) is 13.3. The normalized spacial score (nSPS) is 10.9. The van der Waals surface area contributed by atoms with Crippen molar-refractivity contribution in [3.05, 3.63) is 59.4 Å². The molecular weight excluding hydrogens is 269 g/mol. The Balaban J connectivity index is 2.42. The molecule has 0 saturated carbocycles. The Kier molecular flexibility index (Phi) is 4.57. The maximum Gasteiger partial charge on any atom is 0.161 e. The van der Waals surface area contributed by atoms with Gasteiger partial charge < -0.3 is 9.47 Å². The van der Waals surface area contributed by atoms with Crippen molar-refractivity contribution < 1.29 is 13.9 Å². The molecule has 0 aromatic heterocycles. The third kappa shape index (κ3) is 3.40. The second kappa shape index (κ2) is 6.58. The highest BCUT2D eigenvalue weighted by atomic mass is 19.1. The van der Waals surface area contributed by atoms with E-state index in [1.54, 1.807) is 43.5 Å². The van der Waals surface area contributed by atoms with Gasteiger partial charge in [-0.15, -0.1) is 0 Å². The Labute approximate surface area is 122 Å². The molecule has 3 nitrogen and oxygen atoms in total. The molecule has 0 N–H and O–H groups in total. The Bertz CT molecular complexity index is 700. The molecule has 0 aliphatic heterocycles. The molecule has 0 atom stereocenters. The molecule has 2 aromatic carbocycles.